The third kappa shape index (κ3) is 2.16. The van der Waals surface area contributed by atoms with Crippen LogP contribution < -0.4 is 14.8 Å². The average Bonchev–Trinajstić information content (AvgIpc) is 2.96. The summed E-state index contributed by atoms with van der Waals surface area (Å²) in [5.74, 6) is -0.114. The molecule has 0 saturated carbocycles. The van der Waals surface area contributed by atoms with Crippen LogP contribution in [0, 0.1) is 0 Å². The SMILES string of the molecule is O=CNc1ccc2c(c1-c1ccccc1C(=O)O)OCO2. The molecule has 1 heterocycles. The molecule has 2 aromatic rings. The van der Waals surface area contributed by atoms with Gasteiger partial charge in [-0.05, 0) is 18.2 Å². The molecule has 0 spiro atoms. The van der Waals surface area contributed by atoms with Crippen LogP contribution in [-0.2, 0) is 4.79 Å². The summed E-state index contributed by atoms with van der Waals surface area (Å²) in [6.07, 6.45) is 0.532. The van der Waals surface area contributed by atoms with Gasteiger partial charge in [0.2, 0.25) is 13.2 Å². The molecule has 1 amide bonds. The molecule has 106 valence electrons. The highest BCUT2D eigenvalue weighted by Crippen LogP contribution is 2.46. The molecule has 0 fully saturated rings. The first-order valence-electron chi connectivity index (χ1n) is 6.18. The van der Waals surface area contributed by atoms with Crippen LogP contribution in [0.1, 0.15) is 10.4 Å². The zero-order chi connectivity index (χ0) is 14.8. The first-order chi connectivity index (χ1) is 10.2. The molecule has 0 unspecified atom stereocenters. The van der Waals surface area contributed by atoms with Gasteiger partial charge in [0.1, 0.15) is 0 Å². The lowest BCUT2D eigenvalue weighted by atomic mass is 9.97. The molecule has 1 aliphatic rings. The van der Waals surface area contributed by atoms with Crippen LogP contribution in [0.5, 0.6) is 11.5 Å². The van der Waals surface area contributed by atoms with E-state index in [2.05, 4.69) is 5.32 Å². The van der Waals surface area contributed by atoms with E-state index < -0.39 is 5.97 Å². The predicted octanol–water partition coefficient (Wildman–Crippen LogP) is 2.35. The number of carboxylic acids is 1. The lowest BCUT2D eigenvalue weighted by Crippen LogP contribution is -2.03. The molecule has 0 aromatic heterocycles. The number of rotatable bonds is 4. The lowest BCUT2D eigenvalue weighted by molar-refractivity contribution is -0.105. The fraction of sp³-hybridized carbons (Fsp3) is 0.0667. The maximum Gasteiger partial charge on any atom is 0.336 e. The van der Waals surface area contributed by atoms with Gasteiger partial charge in [0.25, 0.3) is 0 Å². The van der Waals surface area contributed by atoms with E-state index in [9.17, 15) is 14.7 Å². The van der Waals surface area contributed by atoms with Gasteiger partial charge in [-0.3, -0.25) is 4.79 Å². The average molecular weight is 285 g/mol. The summed E-state index contributed by atoms with van der Waals surface area (Å²) in [7, 11) is 0. The number of nitrogens with one attached hydrogen (secondary N) is 1. The summed E-state index contributed by atoms with van der Waals surface area (Å²) in [6, 6.07) is 9.84. The van der Waals surface area contributed by atoms with Crippen molar-refractivity contribution in [2.24, 2.45) is 0 Å². The van der Waals surface area contributed by atoms with Crippen molar-refractivity contribution in [2.45, 2.75) is 0 Å². The molecular weight excluding hydrogens is 274 g/mol. The van der Waals surface area contributed by atoms with Gasteiger partial charge in [0.15, 0.2) is 11.5 Å². The molecule has 3 rings (SSSR count). The summed E-state index contributed by atoms with van der Waals surface area (Å²) in [5, 5.41) is 11.9. The Bertz CT molecular complexity index is 726. The van der Waals surface area contributed by atoms with Crippen LogP contribution in [0.2, 0.25) is 0 Å². The molecule has 6 nitrogen and oxygen atoms in total. The number of fused-ring (bicyclic) bond motifs is 1. The highest BCUT2D eigenvalue weighted by molar-refractivity contribution is 6.01. The standard InChI is InChI=1S/C15H11NO5/c17-7-16-11-5-6-12-14(21-8-20-12)13(11)9-3-1-2-4-10(9)15(18)19/h1-7H,8H2,(H,16,17)(H,18,19). The molecule has 1 aliphatic heterocycles. The summed E-state index contributed by atoms with van der Waals surface area (Å²) in [6.45, 7) is 0.0577. The Morgan fingerprint density at radius 3 is 2.76 bits per heavy atom. The van der Waals surface area contributed by atoms with Crippen LogP contribution in [0.15, 0.2) is 36.4 Å². The molecule has 2 N–H and O–H groups in total. The Morgan fingerprint density at radius 2 is 2.00 bits per heavy atom. The number of aromatic carboxylic acids is 1. The van der Waals surface area contributed by atoms with Crippen LogP contribution in [0.25, 0.3) is 11.1 Å². The normalized spacial score (nSPS) is 12.0. The molecule has 0 radical (unpaired) electrons. The summed E-state index contributed by atoms with van der Waals surface area (Å²) >= 11 is 0. The van der Waals surface area contributed by atoms with E-state index in [0.717, 1.165) is 0 Å². The Kier molecular flexibility index (Phi) is 3.19. The molecule has 0 saturated heterocycles. The number of carbonyl (C=O) groups is 2. The Labute approximate surface area is 119 Å². The van der Waals surface area contributed by atoms with Crippen molar-refractivity contribution in [3.8, 4) is 22.6 Å². The first-order valence-corrected chi connectivity index (χ1v) is 6.18. The third-order valence-corrected chi connectivity index (χ3v) is 3.18. The van der Waals surface area contributed by atoms with Crippen molar-refractivity contribution in [3.63, 3.8) is 0 Å². The number of carbonyl (C=O) groups excluding carboxylic acids is 1. The minimum atomic E-state index is -1.06. The van der Waals surface area contributed by atoms with Crippen molar-refractivity contribution in [1.82, 2.24) is 0 Å². The van der Waals surface area contributed by atoms with Gasteiger partial charge < -0.3 is 19.9 Å². The van der Waals surface area contributed by atoms with E-state index in [-0.39, 0.29) is 12.4 Å². The second-order valence-electron chi connectivity index (χ2n) is 4.33. The number of benzene rings is 2. The molecule has 0 atom stereocenters. The van der Waals surface area contributed by atoms with E-state index in [0.29, 0.717) is 34.7 Å². The molecule has 2 aromatic carbocycles. The van der Waals surface area contributed by atoms with Crippen LogP contribution in [0.3, 0.4) is 0 Å². The second kappa shape index (κ2) is 5.16. The quantitative estimate of drug-likeness (QED) is 0.842. The predicted molar refractivity (Wildman–Crippen MR) is 74.6 cm³/mol. The summed E-state index contributed by atoms with van der Waals surface area (Å²) in [5.41, 5.74) is 1.53. The number of hydrogen-bond acceptors (Lipinski definition) is 4. The lowest BCUT2D eigenvalue weighted by Gasteiger charge is -2.13. The number of anilines is 1. The van der Waals surface area contributed by atoms with Crippen LogP contribution in [0.4, 0.5) is 5.69 Å². The minimum absolute atomic E-state index is 0.0577. The number of carboxylic acid groups (broad SMARTS) is 1. The van der Waals surface area contributed by atoms with E-state index in [1.165, 1.54) is 6.07 Å². The topological polar surface area (TPSA) is 84.9 Å². The zero-order valence-electron chi connectivity index (χ0n) is 10.8. The van der Waals surface area contributed by atoms with Gasteiger partial charge in [-0.15, -0.1) is 0 Å². The van der Waals surface area contributed by atoms with Crippen molar-refractivity contribution in [3.05, 3.63) is 42.0 Å². The third-order valence-electron chi connectivity index (χ3n) is 3.18. The van der Waals surface area contributed by atoms with Gasteiger partial charge in [0, 0.05) is 5.56 Å². The van der Waals surface area contributed by atoms with Crippen molar-refractivity contribution in [1.29, 1.82) is 0 Å². The summed E-state index contributed by atoms with van der Waals surface area (Å²) in [4.78, 5) is 22.2. The summed E-state index contributed by atoms with van der Waals surface area (Å²) < 4.78 is 10.7. The maximum atomic E-state index is 11.4. The van der Waals surface area contributed by atoms with Crippen molar-refractivity contribution < 1.29 is 24.2 Å². The smallest absolute Gasteiger partial charge is 0.336 e. The van der Waals surface area contributed by atoms with E-state index >= 15 is 0 Å². The van der Waals surface area contributed by atoms with Gasteiger partial charge in [-0.1, -0.05) is 18.2 Å². The molecule has 0 aliphatic carbocycles. The van der Waals surface area contributed by atoms with E-state index in [4.69, 9.17) is 9.47 Å². The molecule has 0 bridgehead atoms. The Morgan fingerprint density at radius 1 is 1.19 bits per heavy atom. The van der Waals surface area contributed by atoms with E-state index in [1.807, 2.05) is 0 Å². The van der Waals surface area contributed by atoms with Gasteiger partial charge in [0.05, 0.1) is 16.8 Å². The largest absolute Gasteiger partial charge is 0.478 e. The fourth-order valence-corrected chi connectivity index (χ4v) is 2.31. The Balaban J connectivity index is 2.29. The second-order valence-corrected chi connectivity index (χ2v) is 4.33. The molecule has 6 heteroatoms. The van der Waals surface area contributed by atoms with Crippen LogP contribution in [-0.4, -0.2) is 24.3 Å². The number of hydrogen-bond donors (Lipinski definition) is 2. The number of amides is 1. The first kappa shape index (κ1) is 13.0. The zero-order valence-corrected chi connectivity index (χ0v) is 10.8. The Hall–Kier alpha value is -3.02. The minimum Gasteiger partial charge on any atom is -0.478 e. The van der Waals surface area contributed by atoms with Crippen molar-refractivity contribution >= 4 is 18.1 Å². The maximum absolute atomic E-state index is 11.4. The fourth-order valence-electron chi connectivity index (χ4n) is 2.31. The monoisotopic (exact) mass is 285 g/mol. The molecule has 21 heavy (non-hydrogen) atoms. The van der Waals surface area contributed by atoms with Gasteiger partial charge in [-0.25, -0.2) is 4.79 Å². The highest BCUT2D eigenvalue weighted by atomic mass is 16.7. The van der Waals surface area contributed by atoms with Gasteiger partial charge >= 0.3 is 5.97 Å². The molecular formula is C15H11NO5. The number of ether oxygens (including phenoxy) is 2. The van der Waals surface area contributed by atoms with Crippen LogP contribution >= 0.6 is 0 Å². The van der Waals surface area contributed by atoms with Crippen molar-refractivity contribution in [2.75, 3.05) is 12.1 Å². The van der Waals surface area contributed by atoms with E-state index in [1.54, 1.807) is 30.3 Å². The van der Waals surface area contributed by atoms with Gasteiger partial charge in [-0.2, -0.15) is 0 Å². The highest BCUT2D eigenvalue weighted by Gasteiger charge is 2.24.